The van der Waals surface area contributed by atoms with Gasteiger partial charge in [0.15, 0.2) is 0 Å². The van der Waals surface area contributed by atoms with Crippen LogP contribution in [0.3, 0.4) is 0 Å². The molecule has 0 saturated heterocycles. The smallest absolute Gasteiger partial charge is 0.238 e. The molecule has 0 bridgehead atoms. The number of ether oxygens (including phenoxy) is 1. The molecule has 2 N–H and O–H groups in total. The summed E-state index contributed by atoms with van der Waals surface area (Å²) in [5.41, 5.74) is 0.701. The van der Waals surface area contributed by atoms with Crippen molar-refractivity contribution in [3.05, 3.63) is 29.3 Å². The van der Waals surface area contributed by atoms with Crippen LogP contribution in [0.2, 0.25) is 5.02 Å². The Morgan fingerprint density at radius 3 is 2.94 bits per heavy atom. The first kappa shape index (κ1) is 15.0. The Kier molecular flexibility index (Phi) is 6.72. The molecule has 1 unspecified atom stereocenters. The zero-order valence-electron chi connectivity index (χ0n) is 10.7. The summed E-state index contributed by atoms with van der Waals surface area (Å²) < 4.78 is 5.35. The quantitative estimate of drug-likeness (QED) is 0.799. The summed E-state index contributed by atoms with van der Waals surface area (Å²) >= 11 is 5.83. The zero-order valence-corrected chi connectivity index (χ0v) is 11.5. The molecule has 100 valence electrons. The predicted octanol–water partition coefficient (Wildman–Crippen LogP) is 2.29. The van der Waals surface area contributed by atoms with Crippen molar-refractivity contribution in [2.24, 2.45) is 0 Å². The van der Waals surface area contributed by atoms with E-state index in [1.165, 1.54) is 0 Å². The molecule has 5 heteroatoms. The third-order valence-corrected chi connectivity index (χ3v) is 2.51. The zero-order chi connectivity index (χ0) is 13.4. The minimum absolute atomic E-state index is 0.0963. The molecule has 0 aliphatic carbocycles. The van der Waals surface area contributed by atoms with Crippen molar-refractivity contribution < 1.29 is 9.53 Å². The molecule has 1 rings (SSSR count). The number of amides is 1. The van der Waals surface area contributed by atoms with Crippen LogP contribution in [0.15, 0.2) is 24.3 Å². The Bertz CT molecular complexity index is 385. The van der Waals surface area contributed by atoms with E-state index >= 15 is 0 Å². The summed E-state index contributed by atoms with van der Waals surface area (Å²) in [6, 6.07) is 7.07. The number of carbonyl (C=O) groups is 1. The molecule has 0 aromatic heterocycles. The second-order valence-corrected chi connectivity index (χ2v) is 4.39. The second kappa shape index (κ2) is 8.08. The number of nitrogens with one attached hydrogen (secondary N) is 2. The van der Waals surface area contributed by atoms with Gasteiger partial charge in [-0.1, -0.05) is 17.7 Å². The normalized spacial score (nSPS) is 12.2. The molecular weight excluding hydrogens is 252 g/mol. The van der Waals surface area contributed by atoms with Gasteiger partial charge in [0, 0.05) is 23.9 Å². The highest BCUT2D eigenvalue weighted by Crippen LogP contribution is 2.14. The molecule has 0 aliphatic rings. The van der Waals surface area contributed by atoms with E-state index in [2.05, 4.69) is 10.6 Å². The predicted molar refractivity (Wildman–Crippen MR) is 74.0 cm³/mol. The van der Waals surface area contributed by atoms with E-state index in [0.717, 1.165) is 0 Å². The van der Waals surface area contributed by atoms with Crippen molar-refractivity contribution in [2.75, 3.05) is 25.0 Å². The lowest BCUT2D eigenvalue weighted by Crippen LogP contribution is -2.33. The Hall–Kier alpha value is -1.10. The number of carbonyl (C=O) groups excluding carboxylic acids is 1. The summed E-state index contributed by atoms with van der Waals surface area (Å²) in [6.45, 7) is 5.49. The Labute approximate surface area is 113 Å². The topological polar surface area (TPSA) is 50.4 Å². The number of halogens is 1. The maximum Gasteiger partial charge on any atom is 0.238 e. The number of anilines is 1. The van der Waals surface area contributed by atoms with E-state index in [1.54, 1.807) is 24.3 Å². The van der Waals surface area contributed by atoms with Gasteiger partial charge in [0.2, 0.25) is 5.91 Å². The van der Waals surface area contributed by atoms with Gasteiger partial charge < -0.3 is 15.4 Å². The Morgan fingerprint density at radius 2 is 2.28 bits per heavy atom. The van der Waals surface area contributed by atoms with Crippen LogP contribution in [0.4, 0.5) is 5.69 Å². The van der Waals surface area contributed by atoms with Crippen LogP contribution in [0.25, 0.3) is 0 Å². The molecule has 0 aliphatic heterocycles. The van der Waals surface area contributed by atoms with Gasteiger partial charge in [0.25, 0.3) is 0 Å². The molecule has 0 spiro atoms. The van der Waals surface area contributed by atoms with E-state index in [-0.39, 0.29) is 18.6 Å². The highest BCUT2D eigenvalue weighted by molar-refractivity contribution is 6.30. The molecule has 0 fully saturated rings. The van der Waals surface area contributed by atoms with Crippen LogP contribution in [0, 0.1) is 0 Å². The molecule has 0 heterocycles. The minimum Gasteiger partial charge on any atom is -0.377 e. The summed E-state index contributed by atoms with van der Waals surface area (Å²) in [6.07, 6.45) is 0.106. The molecular formula is C13H19ClN2O2. The molecule has 0 radical (unpaired) electrons. The van der Waals surface area contributed by atoms with Gasteiger partial charge in [-0.2, -0.15) is 0 Å². The van der Waals surface area contributed by atoms with E-state index < -0.39 is 0 Å². The highest BCUT2D eigenvalue weighted by Gasteiger charge is 2.04. The first-order valence-electron chi connectivity index (χ1n) is 5.99. The van der Waals surface area contributed by atoms with E-state index in [9.17, 15) is 4.79 Å². The molecule has 18 heavy (non-hydrogen) atoms. The second-order valence-electron chi connectivity index (χ2n) is 3.96. The average molecular weight is 271 g/mol. The summed E-state index contributed by atoms with van der Waals surface area (Å²) in [7, 11) is 0. The number of hydrogen-bond acceptors (Lipinski definition) is 3. The number of benzene rings is 1. The minimum atomic E-state index is -0.0963. The van der Waals surface area contributed by atoms with Crippen LogP contribution in [-0.4, -0.2) is 31.7 Å². The monoisotopic (exact) mass is 270 g/mol. The van der Waals surface area contributed by atoms with Gasteiger partial charge in [0.1, 0.15) is 0 Å². The summed E-state index contributed by atoms with van der Waals surface area (Å²) in [5, 5.41) is 6.40. The van der Waals surface area contributed by atoms with Gasteiger partial charge in [-0.3, -0.25) is 4.79 Å². The SMILES string of the molecule is CCOC(C)CNCC(=O)Nc1cccc(Cl)c1. The fourth-order valence-corrected chi connectivity index (χ4v) is 1.69. The van der Waals surface area contributed by atoms with Gasteiger partial charge >= 0.3 is 0 Å². The molecule has 1 aromatic carbocycles. The summed E-state index contributed by atoms with van der Waals surface area (Å²) in [4.78, 5) is 11.6. The molecule has 4 nitrogen and oxygen atoms in total. The van der Waals surface area contributed by atoms with E-state index in [0.29, 0.717) is 23.9 Å². The van der Waals surface area contributed by atoms with Crippen LogP contribution in [0.1, 0.15) is 13.8 Å². The Balaban J connectivity index is 2.25. The number of rotatable bonds is 7. The van der Waals surface area contributed by atoms with Crippen LogP contribution in [0.5, 0.6) is 0 Å². The first-order chi connectivity index (χ1) is 8.61. The highest BCUT2D eigenvalue weighted by atomic mass is 35.5. The molecule has 0 saturated carbocycles. The van der Waals surface area contributed by atoms with Gasteiger partial charge in [-0.15, -0.1) is 0 Å². The first-order valence-corrected chi connectivity index (χ1v) is 6.37. The van der Waals surface area contributed by atoms with Crippen LogP contribution >= 0.6 is 11.6 Å². The van der Waals surface area contributed by atoms with Crippen LogP contribution < -0.4 is 10.6 Å². The van der Waals surface area contributed by atoms with Gasteiger partial charge in [-0.05, 0) is 32.0 Å². The lowest BCUT2D eigenvalue weighted by atomic mass is 10.3. The van der Waals surface area contributed by atoms with Gasteiger partial charge in [-0.25, -0.2) is 0 Å². The van der Waals surface area contributed by atoms with Crippen molar-refractivity contribution in [3.63, 3.8) is 0 Å². The van der Waals surface area contributed by atoms with E-state index in [1.807, 2.05) is 13.8 Å². The lowest BCUT2D eigenvalue weighted by molar-refractivity contribution is -0.115. The van der Waals surface area contributed by atoms with Gasteiger partial charge in [0.05, 0.1) is 12.6 Å². The molecule has 1 aromatic rings. The van der Waals surface area contributed by atoms with Crippen molar-refractivity contribution in [3.8, 4) is 0 Å². The Morgan fingerprint density at radius 1 is 1.50 bits per heavy atom. The third-order valence-electron chi connectivity index (χ3n) is 2.28. The average Bonchev–Trinajstić information content (AvgIpc) is 2.29. The van der Waals surface area contributed by atoms with Crippen molar-refractivity contribution in [2.45, 2.75) is 20.0 Å². The number of hydrogen-bond donors (Lipinski definition) is 2. The largest absolute Gasteiger partial charge is 0.377 e. The third kappa shape index (κ3) is 6.00. The van der Waals surface area contributed by atoms with Crippen molar-refractivity contribution >= 4 is 23.2 Å². The maximum absolute atomic E-state index is 11.6. The van der Waals surface area contributed by atoms with E-state index in [4.69, 9.17) is 16.3 Å². The fourth-order valence-electron chi connectivity index (χ4n) is 1.50. The lowest BCUT2D eigenvalue weighted by Gasteiger charge is -2.12. The fraction of sp³-hybridized carbons (Fsp3) is 0.462. The molecule has 1 atom stereocenters. The maximum atomic E-state index is 11.6. The summed E-state index contributed by atoms with van der Waals surface area (Å²) in [5.74, 6) is -0.0963. The van der Waals surface area contributed by atoms with Crippen molar-refractivity contribution in [1.29, 1.82) is 0 Å². The standard InChI is InChI=1S/C13H19ClN2O2/c1-3-18-10(2)8-15-9-13(17)16-12-6-4-5-11(14)7-12/h4-7,10,15H,3,8-9H2,1-2H3,(H,16,17). The van der Waals surface area contributed by atoms with Crippen LogP contribution in [-0.2, 0) is 9.53 Å². The molecule has 1 amide bonds. The van der Waals surface area contributed by atoms with Crippen molar-refractivity contribution in [1.82, 2.24) is 5.32 Å².